The molecule has 7 heteroatoms. The largest absolute Gasteiger partial charge is 0.480 e. The lowest BCUT2D eigenvalue weighted by Gasteiger charge is -2.04. The number of aromatic nitrogens is 3. The Kier molecular flexibility index (Phi) is 2.57. The van der Waals surface area contributed by atoms with Crippen LogP contribution >= 0.6 is 0 Å². The number of aryl methyl sites for hydroxylation is 2. The molecule has 2 rings (SSSR count). The van der Waals surface area contributed by atoms with Gasteiger partial charge < -0.3 is 9.30 Å². The number of hydrogen-bond donors (Lipinski definition) is 0. The monoisotopic (exact) mass is 255 g/mol. The van der Waals surface area contributed by atoms with E-state index in [2.05, 4.69) is 9.97 Å². The molecule has 0 amide bonds. The van der Waals surface area contributed by atoms with Crippen LogP contribution in [-0.4, -0.2) is 36.3 Å². The highest BCUT2D eigenvalue weighted by atomic mass is 32.2. The van der Waals surface area contributed by atoms with Crippen LogP contribution in [0.2, 0.25) is 0 Å². The van der Waals surface area contributed by atoms with Crippen LogP contribution < -0.4 is 4.74 Å². The first-order chi connectivity index (χ1) is 7.84. The van der Waals surface area contributed by atoms with Gasteiger partial charge in [-0.1, -0.05) is 0 Å². The van der Waals surface area contributed by atoms with Crippen LogP contribution in [0, 0.1) is 6.92 Å². The van der Waals surface area contributed by atoms with Gasteiger partial charge in [0, 0.05) is 19.0 Å². The molecule has 0 radical (unpaired) electrons. The quantitative estimate of drug-likeness (QED) is 0.738. The number of hydrogen-bond acceptors (Lipinski definition) is 5. The number of fused-ring (bicyclic) bond motifs is 1. The average molecular weight is 255 g/mol. The highest BCUT2D eigenvalue weighted by Gasteiger charge is 2.18. The molecule has 0 aliphatic rings. The molecule has 0 aromatic carbocycles. The molecule has 0 aliphatic heterocycles. The van der Waals surface area contributed by atoms with Gasteiger partial charge in [0.05, 0.1) is 12.5 Å². The zero-order chi connectivity index (χ0) is 12.8. The smallest absolute Gasteiger partial charge is 0.252 e. The van der Waals surface area contributed by atoms with Gasteiger partial charge in [-0.2, -0.15) is 9.97 Å². The highest BCUT2D eigenvalue weighted by Crippen LogP contribution is 2.25. The molecule has 0 aliphatic carbocycles. The summed E-state index contributed by atoms with van der Waals surface area (Å²) in [5.74, 6) is 0.277. The van der Waals surface area contributed by atoms with Crippen LogP contribution in [-0.2, 0) is 16.9 Å². The lowest BCUT2D eigenvalue weighted by molar-refractivity contribution is 0.397. The van der Waals surface area contributed by atoms with Crippen molar-refractivity contribution < 1.29 is 13.2 Å². The van der Waals surface area contributed by atoms with Crippen LogP contribution in [0.1, 0.15) is 5.69 Å². The fourth-order valence-electron chi connectivity index (χ4n) is 1.59. The van der Waals surface area contributed by atoms with Gasteiger partial charge in [0.25, 0.3) is 5.16 Å². The van der Waals surface area contributed by atoms with Crippen molar-refractivity contribution in [3.63, 3.8) is 0 Å². The Hall–Kier alpha value is -1.63. The van der Waals surface area contributed by atoms with E-state index in [4.69, 9.17) is 4.74 Å². The molecule has 0 bridgehead atoms. The molecule has 2 aromatic rings. The van der Waals surface area contributed by atoms with E-state index >= 15 is 0 Å². The van der Waals surface area contributed by atoms with Crippen molar-refractivity contribution >= 4 is 20.9 Å². The molecular formula is C10H13N3O3S. The maximum Gasteiger partial charge on any atom is 0.252 e. The lowest BCUT2D eigenvalue weighted by Crippen LogP contribution is -2.06. The minimum atomic E-state index is -3.45. The van der Waals surface area contributed by atoms with E-state index in [1.54, 1.807) is 4.57 Å². The van der Waals surface area contributed by atoms with E-state index in [1.807, 2.05) is 20.0 Å². The standard InChI is InChI=1S/C10H13N3O3S/c1-6-5-7-8(13(6)2)11-10(17(4,14)15)12-9(7)16-3/h5H,1-4H3. The normalized spacial score (nSPS) is 12.0. The molecule has 6 nitrogen and oxygen atoms in total. The third-order valence-corrected chi connectivity index (χ3v) is 3.44. The minimum absolute atomic E-state index is 0.219. The minimum Gasteiger partial charge on any atom is -0.480 e. The van der Waals surface area contributed by atoms with Crippen molar-refractivity contribution in [1.82, 2.24) is 14.5 Å². The topological polar surface area (TPSA) is 74.1 Å². The Labute approximate surface area is 99.2 Å². The van der Waals surface area contributed by atoms with Crippen molar-refractivity contribution in [2.75, 3.05) is 13.4 Å². The Morgan fingerprint density at radius 3 is 2.53 bits per heavy atom. The van der Waals surface area contributed by atoms with E-state index in [1.165, 1.54) is 7.11 Å². The summed E-state index contributed by atoms with van der Waals surface area (Å²) in [5, 5.41) is 0.489. The van der Waals surface area contributed by atoms with E-state index in [0.717, 1.165) is 11.9 Å². The molecule has 17 heavy (non-hydrogen) atoms. The van der Waals surface area contributed by atoms with E-state index in [-0.39, 0.29) is 11.0 Å². The van der Waals surface area contributed by atoms with E-state index in [9.17, 15) is 8.42 Å². The van der Waals surface area contributed by atoms with Crippen LogP contribution in [0.15, 0.2) is 11.2 Å². The second-order valence-corrected chi connectivity index (χ2v) is 5.78. The molecule has 0 saturated carbocycles. The molecule has 0 atom stereocenters. The van der Waals surface area contributed by atoms with Gasteiger partial charge in [-0.25, -0.2) is 8.42 Å². The SMILES string of the molecule is COc1nc(S(C)(=O)=O)nc2c1cc(C)n2C. The summed E-state index contributed by atoms with van der Waals surface area (Å²) in [5.41, 5.74) is 1.51. The fraction of sp³-hybridized carbons (Fsp3) is 0.400. The Balaban J connectivity index is 2.90. The molecular weight excluding hydrogens is 242 g/mol. The molecule has 0 saturated heterocycles. The molecule has 0 unspecified atom stereocenters. The second kappa shape index (κ2) is 3.69. The van der Waals surface area contributed by atoms with E-state index < -0.39 is 9.84 Å². The summed E-state index contributed by atoms with van der Waals surface area (Å²) in [6, 6.07) is 1.86. The number of nitrogens with zero attached hydrogens (tertiary/aromatic N) is 3. The fourth-order valence-corrected chi connectivity index (χ4v) is 2.10. The van der Waals surface area contributed by atoms with Crippen molar-refractivity contribution in [3.8, 4) is 5.88 Å². The average Bonchev–Trinajstić information content (AvgIpc) is 2.53. The van der Waals surface area contributed by atoms with Gasteiger partial charge in [-0.3, -0.25) is 0 Å². The second-order valence-electron chi connectivity index (χ2n) is 3.87. The number of ether oxygens (including phenoxy) is 1. The van der Waals surface area contributed by atoms with Gasteiger partial charge in [-0.05, 0) is 13.0 Å². The molecule has 0 spiro atoms. The maximum absolute atomic E-state index is 11.5. The van der Waals surface area contributed by atoms with Gasteiger partial charge in [-0.15, -0.1) is 0 Å². The number of sulfone groups is 1. The third kappa shape index (κ3) is 1.86. The van der Waals surface area contributed by atoms with Crippen molar-refractivity contribution in [1.29, 1.82) is 0 Å². The summed E-state index contributed by atoms with van der Waals surface area (Å²) in [6.07, 6.45) is 1.07. The van der Waals surface area contributed by atoms with Crippen molar-refractivity contribution in [2.24, 2.45) is 7.05 Å². The molecule has 92 valence electrons. The maximum atomic E-state index is 11.5. The molecule has 0 N–H and O–H groups in total. The van der Waals surface area contributed by atoms with Gasteiger partial charge in [0.15, 0.2) is 0 Å². The highest BCUT2D eigenvalue weighted by molar-refractivity contribution is 7.90. The van der Waals surface area contributed by atoms with Crippen LogP contribution in [0.3, 0.4) is 0 Å². The molecule has 2 heterocycles. The first-order valence-corrected chi connectivity index (χ1v) is 6.82. The lowest BCUT2D eigenvalue weighted by atomic mass is 10.4. The zero-order valence-corrected chi connectivity index (χ0v) is 10.9. The van der Waals surface area contributed by atoms with Crippen LogP contribution in [0.4, 0.5) is 0 Å². The Bertz CT molecular complexity index is 688. The molecule has 0 fully saturated rings. The zero-order valence-electron chi connectivity index (χ0n) is 10.1. The predicted molar refractivity (Wildman–Crippen MR) is 62.9 cm³/mol. The first-order valence-electron chi connectivity index (χ1n) is 4.92. The predicted octanol–water partition coefficient (Wildman–Crippen LogP) is 0.689. The van der Waals surface area contributed by atoms with Crippen molar-refractivity contribution in [3.05, 3.63) is 11.8 Å². The Morgan fingerprint density at radius 2 is 2.00 bits per heavy atom. The first kappa shape index (κ1) is 11.8. The van der Waals surface area contributed by atoms with Crippen LogP contribution in [0.25, 0.3) is 11.0 Å². The summed E-state index contributed by atoms with van der Waals surface area (Å²) >= 11 is 0. The number of rotatable bonds is 2. The molecule has 2 aromatic heterocycles. The van der Waals surface area contributed by atoms with Crippen LogP contribution in [0.5, 0.6) is 5.88 Å². The third-order valence-electron chi connectivity index (χ3n) is 2.60. The summed E-state index contributed by atoms with van der Waals surface area (Å²) in [4.78, 5) is 7.97. The summed E-state index contributed by atoms with van der Waals surface area (Å²) in [6.45, 7) is 1.90. The van der Waals surface area contributed by atoms with Gasteiger partial charge >= 0.3 is 0 Å². The summed E-state index contributed by atoms with van der Waals surface area (Å²) in [7, 11) is -0.180. The van der Waals surface area contributed by atoms with E-state index in [0.29, 0.717) is 11.0 Å². The summed E-state index contributed by atoms with van der Waals surface area (Å²) < 4.78 is 29.8. The van der Waals surface area contributed by atoms with Gasteiger partial charge in [0.1, 0.15) is 5.65 Å². The van der Waals surface area contributed by atoms with Gasteiger partial charge in [0.2, 0.25) is 15.7 Å². The number of methoxy groups -OCH3 is 1. The van der Waals surface area contributed by atoms with Crippen molar-refractivity contribution in [2.45, 2.75) is 12.1 Å². The Morgan fingerprint density at radius 1 is 1.35 bits per heavy atom.